The Balaban J connectivity index is 0.000000179. The molecule has 0 spiro atoms. The van der Waals surface area contributed by atoms with Gasteiger partial charge in [0.1, 0.15) is 11.6 Å². The number of fused-ring (bicyclic) bond motifs is 3. The number of alkyl halides is 1. The number of benzene rings is 5. The van der Waals surface area contributed by atoms with E-state index in [-0.39, 0.29) is 28.3 Å². The monoisotopic (exact) mass is 817 g/mol. The van der Waals surface area contributed by atoms with Crippen molar-refractivity contribution in [3.8, 4) is 22.3 Å². The van der Waals surface area contributed by atoms with Crippen LogP contribution in [0.25, 0.3) is 44.1 Å². The maximum Gasteiger partial charge on any atom is 0.262 e. The quantitative estimate of drug-likeness (QED) is 0.0907. The van der Waals surface area contributed by atoms with Gasteiger partial charge in [0.25, 0.3) is 11.8 Å². The normalized spacial score (nSPS) is 13.5. The van der Waals surface area contributed by atoms with E-state index in [0.717, 1.165) is 48.6 Å². The molecule has 0 bridgehead atoms. The minimum absolute atomic E-state index is 0.114. The second-order valence-corrected chi connectivity index (χ2v) is 15.7. The zero-order chi connectivity index (χ0) is 38.1. The Morgan fingerprint density at radius 1 is 0.593 bits per heavy atom. The van der Waals surface area contributed by atoms with Crippen molar-refractivity contribution in [2.24, 2.45) is 0 Å². The molecule has 0 radical (unpaired) electrons. The second kappa shape index (κ2) is 15.8. The number of aromatic nitrogens is 2. The Labute approximate surface area is 329 Å². The van der Waals surface area contributed by atoms with Crippen LogP contribution in [-0.4, -0.2) is 39.2 Å². The van der Waals surface area contributed by atoms with Crippen molar-refractivity contribution in [1.29, 1.82) is 0 Å². The third kappa shape index (κ3) is 6.94. The maximum absolute atomic E-state index is 14.1. The highest BCUT2D eigenvalue weighted by Crippen LogP contribution is 2.44. The summed E-state index contributed by atoms with van der Waals surface area (Å²) in [6, 6.07) is 35.3. The van der Waals surface area contributed by atoms with Crippen LogP contribution in [0.3, 0.4) is 0 Å². The molecule has 270 valence electrons. The van der Waals surface area contributed by atoms with Gasteiger partial charge in [-0.25, -0.2) is 13.8 Å². The van der Waals surface area contributed by atoms with E-state index in [4.69, 9.17) is 9.97 Å². The van der Waals surface area contributed by atoms with Gasteiger partial charge in [-0.2, -0.15) is 0 Å². The average molecular weight is 819 g/mol. The summed E-state index contributed by atoms with van der Waals surface area (Å²) in [6.07, 6.45) is 3.96. The van der Waals surface area contributed by atoms with Crippen molar-refractivity contribution in [1.82, 2.24) is 14.9 Å². The second-order valence-electron chi connectivity index (χ2n) is 12.7. The van der Waals surface area contributed by atoms with Crippen LogP contribution in [-0.2, 0) is 0 Å². The first-order valence-corrected chi connectivity index (χ1v) is 20.6. The van der Waals surface area contributed by atoms with Gasteiger partial charge in [-0.3, -0.25) is 19.5 Å². The van der Waals surface area contributed by atoms with Gasteiger partial charge in [-0.1, -0.05) is 88.7 Å². The topological polar surface area (TPSA) is 63.2 Å². The van der Waals surface area contributed by atoms with Crippen LogP contribution in [0.15, 0.2) is 131 Å². The van der Waals surface area contributed by atoms with Gasteiger partial charge in [0, 0.05) is 31.7 Å². The molecule has 2 atom stereocenters. The lowest BCUT2D eigenvalue weighted by Gasteiger charge is -2.26. The van der Waals surface area contributed by atoms with Gasteiger partial charge >= 0.3 is 0 Å². The van der Waals surface area contributed by atoms with Crippen molar-refractivity contribution < 1.29 is 18.4 Å². The molecule has 7 aromatic rings. The number of hydrogen-bond donors (Lipinski definition) is 0. The summed E-state index contributed by atoms with van der Waals surface area (Å²) in [5.41, 5.74) is 7.72. The van der Waals surface area contributed by atoms with Crippen molar-refractivity contribution in [3.63, 3.8) is 0 Å². The van der Waals surface area contributed by atoms with E-state index >= 15 is 0 Å². The van der Waals surface area contributed by atoms with Gasteiger partial charge in [0.15, 0.2) is 0 Å². The highest BCUT2D eigenvalue weighted by Gasteiger charge is 2.40. The van der Waals surface area contributed by atoms with Crippen LogP contribution in [0.4, 0.5) is 8.78 Å². The van der Waals surface area contributed by atoms with Crippen molar-refractivity contribution >= 4 is 73.1 Å². The molecule has 2 amide bonds. The molecule has 5 nitrogen and oxygen atoms in total. The molecule has 0 saturated heterocycles. The first kappa shape index (κ1) is 37.4. The Morgan fingerprint density at radius 3 is 1.43 bits per heavy atom. The Morgan fingerprint density at radius 2 is 1.00 bits per heavy atom. The number of thioether (sulfide) groups is 2. The highest BCUT2D eigenvalue weighted by atomic mass is 79.9. The SMILES string of the molecule is CSc1c(-c2ccccc2)c(C(C)Br)nc2ccc(F)cc12.CSc1c(-c2ccccc2)c(C(C)N2C(=O)c3ccccc3C2=O)nc2ccc(F)cc12. The number of carbonyl (C=O) groups is 2. The summed E-state index contributed by atoms with van der Waals surface area (Å²) in [6.45, 7) is 3.88. The standard InChI is InChI=1S/C26H19FN2O2S.C18H15BrFNS/c1-15(29-25(30)18-10-6-7-11-19(18)26(29)31)23-22(16-8-4-3-5-9-16)24(32-2)20-14-17(27)12-13-21(20)28-23;1-11(19)17-16(12-6-4-3-5-7-12)18(22-2)14-10-13(20)8-9-15(14)21-17/h3-15H,1-2H3;3-11H,1-2H3. The molecule has 0 fully saturated rings. The smallest absolute Gasteiger partial charge is 0.262 e. The molecule has 5 aromatic carbocycles. The van der Waals surface area contributed by atoms with Crippen LogP contribution in [0, 0.1) is 11.6 Å². The summed E-state index contributed by atoms with van der Waals surface area (Å²) < 4.78 is 27.8. The van der Waals surface area contributed by atoms with E-state index in [2.05, 4.69) is 35.0 Å². The summed E-state index contributed by atoms with van der Waals surface area (Å²) in [5, 5.41) is 1.57. The van der Waals surface area contributed by atoms with Crippen molar-refractivity contribution in [2.45, 2.75) is 34.5 Å². The summed E-state index contributed by atoms with van der Waals surface area (Å²) in [7, 11) is 0. The van der Waals surface area contributed by atoms with Gasteiger partial charge in [-0.15, -0.1) is 23.5 Å². The molecule has 1 aliphatic heterocycles. The number of hydrogen-bond acceptors (Lipinski definition) is 6. The molecular formula is C44H34BrF2N3O2S2. The number of carbonyl (C=O) groups excluding carboxylic acids is 2. The summed E-state index contributed by atoms with van der Waals surface area (Å²) in [5.74, 6) is -1.23. The average Bonchev–Trinajstić information content (AvgIpc) is 3.45. The molecule has 54 heavy (non-hydrogen) atoms. The fourth-order valence-corrected chi connectivity index (χ4v) is 8.86. The largest absolute Gasteiger partial charge is 0.269 e. The zero-order valence-electron chi connectivity index (χ0n) is 29.8. The lowest BCUT2D eigenvalue weighted by molar-refractivity contribution is 0.0592. The number of nitrogens with zero attached hydrogens (tertiary/aromatic N) is 3. The van der Waals surface area contributed by atoms with Gasteiger partial charge in [-0.05, 0) is 86.0 Å². The first-order valence-electron chi connectivity index (χ1n) is 17.2. The van der Waals surface area contributed by atoms with E-state index in [0.29, 0.717) is 27.7 Å². The molecule has 1 aliphatic rings. The summed E-state index contributed by atoms with van der Waals surface area (Å²) >= 11 is 6.78. The molecular weight excluding hydrogens is 785 g/mol. The number of rotatable bonds is 7. The van der Waals surface area contributed by atoms with Gasteiger partial charge in [0.2, 0.25) is 0 Å². The fourth-order valence-electron chi connectivity index (χ4n) is 6.91. The van der Waals surface area contributed by atoms with Crippen LogP contribution in [0.2, 0.25) is 0 Å². The molecule has 0 aliphatic carbocycles. The molecule has 0 N–H and O–H groups in total. The van der Waals surface area contributed by atoms with Gasteiger partial charge < -0.3 is 0 Å². The first-order chi connectivity index (χ1) is 26.1. The third-order valence-corrected chi connectivity index (χ3v) is 11.5. The van der Waals surface area contributed by atoms with E-state index in [1.54, 1.807) is 54.2 Å². The number of pyridine rings is 2. The predicted molar refractivity (Wildman–Crippen MR) is 221 cm³/mol. The number of amides is 2. The molecule has 2 aromatic heterocycles. The molecule has 0 saturated carbocycles. The molecule has 2 unspecified atom stereocenters. The van der Waals surface area contributed by atoms with Gasteiger partial charge in [0.05, 0.1) is 44.4 Å². The molecule has 3 heterocycles. The van der Waals surface area contributed by atoms with E-state index in [9.17, 15) is 18.4 Å². The van der Waals surface area contributed by atoms with Crippen LogP contribution in [0.5, 0.6) is 0 Å². The lowest BCUT2D eigenvalue weighted by atomic mass is 9.97. The van der Waals surface area contributed by atoms with Crippen LogP contribution in [0.1, 0.15) is 56.8 Å². The Kier molecular flexibility index (Phi) is 11.0. The number of imide groups is 1. The van der Waals surface area contributed by atoms with Crippen molar-refractivity contribution in [3.05, 3.63) is 155 Å². The minimum Gasteiger partial charge on any atom is -0.269 e. The van der Waals surface area contributed by atoms with Crippen LogP contribution < -0.4 is 0 Å². The summed E-state index contributed by atoms with van der Waals surface area (Å²) in [4.78, 5) is 39.3. The lowest BCUT2D eigenvalue weighted by Crippen LogP contribution is -2.33. The minimum atomic E-state index is -0.613. The third-order valence-electron chi connectivity index (χ3n) is 9.37. The Bertz CT molecular complexity index is 2520. The highest BCUT2D eigenvalue weighted by molar-refractivity contribution is 9.09. The van der Waals surface area contributed by atoms with E-state index < -0.39 is 6.04 Å². The van der Waals surface area contributed by atoms with E-state index in [1.165, 1.54) is 34.9 Å². The predicted octanol–water partition coefficient (Wildman–Crippen LogP) is 12.3. The molecule has 8 rings (SSSR count). The molecule has 10 heteroatoms. The Hall–Kier alpha value is -4.90. The number of halogens is 3. The van der Waals surface area contributed by atoms with Crippen LogP contribution >= 0.6 is 39.5 Å². The van der Waals surface area contributed by atoms with E-state index in [1.807, 2.05) is 68.0 Å². The zero-order valence-corrected chi connectivity index (χ0v) is 33.0. The maximum atomic E-state index is 14.1. The van der Waals surface area contributed by atoms with Crippen molar-refractivity contribution in [2.75, 3.05) is 12.5 Å². The fraction of sp³-hybridized carbons (Fsp3) is 0.136.